The molecule has 1 heterocycles. The number of piperazine rings is 1. The Balaban J connectivity index is 0.00000242. The number of anilines is 1. The molecule has 1 aliphatic rings. The fourth-order valence-electron chi connectivity index (χ4n) is 2.73. The van der Waals surface area contributed by atoms with Gasteiger partial charge < -0.3 is 14.8 Å². The van der Waals surface area contributed by atoms with E-state index in [2.05, 4.69) is 23.6 Å². The van der Waals surface area contributed by atoms with E-state index in [0.29, 0.717) is 5.69 Å². The molecule has 0 bridgehead atoms. The molecule has 0 unspecified atom stereocenters. The second kappa shape index (κ2) is 7.92. The van der Waals surface area contributed by atoms with Crippen LogP contribution in [-0.2, 0) is 0 Å². The zero-order chi connectivity index (χ0) is 15.6. The minimum absolute atomic E-state index is 0. The molecule has 0 aliphatic carbocycles. The predicted octanol–water partition coefficient (Wildman–Crippen LogP) is -2.51. The third-order valence-electron chi connectivity index (χ3n) is 3.89. The number of carbonyl (C=O) groups excluding carboxylic acids is 1. The summed E-state index contributed by atoms with van der Waals surface area (Å²) in [6.45, 7) is 7.67. The van der Waals surface area contributed by atoms with Gasteiger partial charge in [-0.15, -0.1) is 0 Å². The van der Waals surface area contributed by atoms with E-state index in [1.54, 1.807) is 6.07 Å². The molecule has 0 amide bonds. The van der Waals surface area contributed by atoms with Crippen LogP contribution in [0.3, 0.4) is 0 Å². The van der Waals surface area contributed by atoms with Crippen LogP contribution < -0.4 is 39.6 Å². The monoisotopic (exact) mass is 315 g/mol. The van der Waals surface area contributed by atoms with E-state index < -0.39 is 16.6 Å². The fourth-order valence-corrected chi connectivity index (χ4v) is 2.73. The van der Waals surface area contributed by atoms with Gasteiger partial charge in [-0.2, -0.15) is 0 Å². The number of hydrogen-bond donors (Lipinski definition) is 0. The molecule has 1 aromatic carbocycles. The molecule has 1 fully saturated rings. The first-order valence-corrected chi connectivity index (χ1v) is 6.92. The summed E-state index contributed by atoms with van der Waals surface area (Å²) in [6, 6.07) is 4.39. The number of nitro benzene ring substituents is 1. The summed E-state index contributed by atoms with van der Waals surface area (Å²) in [5.74, 6) is -1.52. The SMILES string of the molecule is CCN1CCN(c2ccc([N+](=O)[O-])c(C(=O)[O-])c2)[C@@H](C)C1.[Na+]. The second-order valence-electron chi connectivity index (χ2n) is 5.18. The normalized spacial score (nSPS) is 18.6. The zero-order valence-corrected chi connectivity index (χ0v) is 15.1. The average Bonchev–Trinajstić information content (AvgIpc) is 2.46. The summed E-state index contributed by atoms with van der Waals surface area (Å²) in [6.07, 6.45) is 0. The van der Waals surface area contributed by atoms with Crippen molar-refractivity contribution in [2.75, 3.05) is 31.1 Å². The van der Waals surface area contributed by atoms with Gasteiger partial charge in [0, 0.05) is 37.4 Å². The van der Waals surface area contributed by atoms with Gasteiger partial charge in [0.05, 0.1) is 16.5 Å². The predicted molar refractivity (Wildman–Crippen MR) is 76.3 cm³/mol. The first-order chi connectivity index (χ1) is 9.93. The Kier molecular flexibility index (Phi) is 6.80. The molecule has 2 rings (SSSR count). The zero-order valence-electron chi connectivity index (χ0n) is 13.1. The van der Waals surface area contributed by atoms with Crippen molar-refractivity contribution in [1.82, 2.24) is 4.90 Å². The van der Waals surface area contributed by atoms with E-state index in [9.17, 15) is 20.0 Å². The summed E-state index contributed by atoms with van der Waals surface area (Å²) >= 11 is 0. The standard InChI is InChI=1S/C14H19N3O4.Na/c1-3-15-6-7-16(10(2)9-15)11-4-5-13(17(20)21)12(8-11)14(18)19;/h4-5,8,10H,3,6-7,9H2,1-2H3,(H,18,19);/q;+1/p-1/t10-;/m0./s1. The molecule has 1 aliphatic heterocycles. The van der Waals surface area contributed by atoms with E-state index in [0.717, 1.165) is 26.2 Å². The summed E-state index contributed by atoms with van der Waals surface area (Å²) < 4.78 is 0. The number of hydrogen-bond acceptors (Lipinski definition) is 6. The van der Waals surface area contributed by atoms with Gasteiger partial charge in [-0.25, -0.2) is 0 Å². The van der Waals surface area contributed by atoms with Crippen molar-refractivity contribution in [2.45, 2.75) is 19.9 Å². The molecule has 0 spiro atoms. The Bertz CT molecular complexity index is 567. The largest absolute Gasteiger partial charge is 1.00 e. The maximum absolute atomic E-state index is 11.1. The van der Waals surface area contributed by atoms with E-state index >= 15 is 0 Å². The minimum atomic E-state index is -1.52. The van der Waals surface area contributed by atoms with Crippen molar-refractivity contribution in [3.8, 4) is 0 Å². The van der Waals surface area contributed by atoms with E-state index in [1.807, 2.05) is 0 Å². The van der Waals surface area contributed by atoms with E-state index in [-0.39, 0.29) is 41.2 Å². The molecule has 0 saturated carbocycles. The summed E-state index contributed by atoms with van der Waals surface area (Å²) in [5, 5.41) is 22.0. The number of benzene rings is 1. The maximum atomic E-state index is 11.1. The van der Waals surface area contributed by atoms with Gasteiger partial charge in [0.25, 0.3) is 5.69 Å². The quantitative estimate of drug-likeness (QED) is 0.346. The van der Waals surface area contributed by atoms with Gasteiger partial charge in [-0.1, -0.05) is 6.92 Å². The van der Waals surface area contributed by atoms with Crippen LogP contribution in [0.1, 0.15) is 24.2 Å². The van der Waals surface area contributed by atoms with Gasteiger partial charge in [-0.3, -0.25) is 15.0 Å². The van der Waals surface area contributed by atoms with Crippen LogP contribution in [0.5, 0.6) is 0 Å². The molecular formula is C14H18N3NaO4. The van der Waals surface area contributed by atoms with Crippen LogP contribution >= 0.6 is 0 Å². The van der Waals surface area contributed by atoms with Gasteiger partial charge in [-0.05, 0) is 25.6 Å². The van der Waals surface area contributed by atoms with Crippen molar-refractivity contribution in [1.29, 1.82) is 0 Å². The summed E-state index contributed by atoms with van der Waals surface area (Å²) in [5.41, 5.74) is -0.121. The molecule has 1 aromatic rings. The van der Waals surface area contributed by atoms with Crippen molar-refractivity contribution in [3.63, 3.8) is 0 Å². The van der Waals surface area contributed by atoms with Gasteiger partial charge >= 0.3 is 29.6 Å². The number of rotatable bonds is 4. The first kappa shape index (κ1) is 18.9. The van der Waals surface area contributed by atoms with E-state index in [4.69, 9.17) is 0 Å². The number of nitro groups is 1. The Morgan fingerprint density at radius 1 is 1.41 bits per heavy atom. The Hall–Kier alpha value is -1.15. The van der Waals surface area contributed by atoms with Crippen LogP contribution in [0.25, 0.3) is 0 Å². The summed E-state index contributed by atoms with van der Waals surface area (Å²) in [7, 11) is 0. The maximum Gasteiger partial charge on any atom is 1.00 e. The van der Waals surface area contributed by atoms with Gasteiger partial charge in [0.15, 0.2) is 0 Å². The van der Waals surface area contributed by atoms with E-state index in [1.165, 1.54) is 12.1 Å². The number of carbonyl (C=O) groups is 1. The van der Waals surface area contributed by atoms with Crippen LogP contribution in [0.15, 0.2) is 18.2 Å². The van der Waals surface area contributed by atoms with Crippen molar-refractivity contribution in [2.24, 2.45) is 0 Å². The van der Waals surface area contributed by atoms with Crippen LogP contribution in [0.4, 0.5) is 11.4 Å². The van der Waals surface area contributed by atoms with Crippen LogP contribution in [0.2, 0.25) is 0 Å². The molecule has 1 atom stereocenters. The second-order valence-corrected chi connectivity index (χ2v) is 5.18. The van der Waals surface area contributed by atoms with Gasteiger partial charge in [0.2, 0.25) is 0 Å². The number of carboxylic acids is 1. The van der Waals surface area contributed by atoms with Crippen molar-refractivity contribution < 1.29 is 44.4 Å². The number of carboxylic acid groups (broad SMARTS) is 1. The topological polar surface area (TPSA) is 89.8 Å². The molecule has 22 heavy (non-hydrogen) atoms. The minimum Gasteiger partial charge on any atom is -0.545 e. The molecule has 0 N–H and O–H groups in total. The third kappa shape index (κ3) is 3.98. The molecule has 7 nitrogen and oxygen atoms in total. The van der Waals surface area contributed by atoms with Gasteiger partial charge in [0.1, 0.15) is 0 Å². The smallest absolute Gasteiger partial charge is 0.545 e. The number of nitrogens with zero attached hydrogens (tertiary/aromatic N) is 3. The molecule has 114 valence electrons. The molecule has 8 heteroatoms. The molecule has 0 radical (unpaired) electrons. The van der Waals surface area contributed by atoms with Crippen LogP contribution in [0, 0.1) is 10.1 Å². The first-order valence-electron chi connectivity index (χ1n) is 6.92. The van der Waals surface area contributed by atoms with Crippen molar-refractivity contribution in [3.05, 3.63) is 33.9 Å². The van der Waals surface area contributed by atoms with Crippen LogP contribution in [-0.4, -0.2) is 48.0 Å². The number of likely N-dealkylation sites (N-methyl/N-ethyl adjacent to an activating group) is 1. The number of aromatic carboxylic acids is 1. The average molecular weight is 315 g/mol. The molecular weight excluding hydrogens is 297 g/mol. The Labute approximate surface area is 151 Å². The Morgan fingerprint density at radius 3 is 2.59 bits per heavy atom. The molecule has 1 saturated heterocycles. The third-order valence-corrected chi connectivity index (χ3v) is 3.89. The molecule has 0 aromatic heterocycles. The summed E-state index contributed by atoms with van der Waals surface area (Å²) in [4.78, 5) is 25.6. The Morgan fingerprint density at radius 2 is 2.09 bits per heavy atom. The fraction of sp³-hybridized carbons (Fsp3) is 0.500. The van der Waals surface area contributed by atoms with Crippen molar-refractivity contribution >= 4 is 17.3 Å².